The Bertz CT molecular complexity index is 326. The first-order valence-electron chi connectivity index (χ1n) is 6.06. The van der Waals surface area contributed by atoms with Gasteiger partial charge in [-0.3, -0.25) is 4.90 Å². The summed E-state index contributed by atoms with van der Waals surface area (Å²) >= 11 is 0. The molecule has 16 heavy (non-hydrogen) atoms. The first-order chi connectivity index (χ1) is 7.79. The SMILES string of the molecule is CCCc1noc(CN2CCNCC2C)n1. The quantitative estimate of drug-likeness (QED) is 0.820. The summed E-state index contributed by atoms with van der Waals surface area (Å²) in [6.07, 6.45) is 1.96. The summed E-state index contributed by atoms with van der Waals surface area (Å²) in [5, 5.41) is 7.34. The molecule has 5 heteroatoms. The number of hydrogen-bond donors (Lipinski definition) is 1. The average Bonchev–Trinajstić information content (AvgIpc) is 2.70. The van der Waals surface area contributed by atoms with E-state index in [0.717, 1.165) is 50.7 Å². The van der Waals surface area contributed by atoms with Crippen LogP contribution in [0.15, 0.2) is 4.52 Å². The molecule has 1 saturated heterocycles. The van der Waals surface area contributed by atoms with Crippen LogP contribution in [0, 0.1) is 0 Å². The van der Waals surface area contributed by atoms with E-state index in [9.17, 15) is 0 Å². The fourth-order valence-corrected chi connectivity index (χ4v) is 1.97. The highest BCUT2D eigenvalue weighted by Crippen LogP contribution is 2.09. The van der Waals surface area contributed by atoms with Crippen LogP contribution in [0.4, 0.5) is 0 Å². The van der Waals surface area contributed by atoms with Gasteiger partial charge in [0, 0.05) is 32.1 Å². The van der Waals surface area contributed by atoms with E-state index in [1.165, 1.54) is 0 Å². The molecule has 1 unspecified atom stereocenters. The molecule has 0 aliphatic carbocycles. The van der Waals surface area contributed by atoms with Crippen molar-refractivity contribution in [3.8, 4) is 0 Å². The van der Waals surface area contributed by atoms with Gasteiger partial charge in [0.15, 0.2) is 5.82 Å². The van der Waals surface area contributed by atoms with E-state index in [0.29, 0.717) is 6.04 Å². The summed E-state index contributed by atoms with van der Waals surface area (Å²) in [6.45, 7) is 8.24. The molecule has 0 aromatic carbocycles. The Morgan fingerprint density at radius 3 is 3.19 bits per heavy atom. The van der Waals surface area contributed by atoms with E-state index >= 15 is 0 Å². The van der Waals surface area contributed by atoms with Crippen LogP contribution < -0.4 is 5.32 Å². The number of rotatable bonds is 4. The lowest BCUT2D eigenvalue weighted by atomic mass is 10.2. The van der Waals surface area contributed by atoms with Crippen molar-refractivity contribution in [3.63, 3.8) is 0 Å². The van der Waals surface area contributed by atoms with E-state index in [4.69, 9.17) is 4.52 Å². The molecule has 90 valence electrons. The minimum absolute atomic E-state index is 0.537. The van der Waals surface area contributed by atoms with E-state index in [1.54, 1.807) is 0 Å². The molecule has 1 N–H and O–H groups in total. The zero-order valence-corrected chi connectivity index (χ0v) is 10.1. The molecule has 0 radical (unpaired) electrons. The van der Waals surface area contributed by atoms with Gasteiger partial charge in [-0.05, 0) is 13.3 Å². The maximum Gasteiger partial charge on any atom is 0.240 e. The zero-order chi connectivity index (χ0) is 11.4. The molecule has 1 atom stereocenters. The first kappa shape index (κ1) is 11.5. The van der Waals surface area contributed by atoms with Crippen molar-refractivity contribution in [2.75, 3.05) is 19.6 Å². The fourth-order valence-electron chi connectivity index (χ4n) is 1.97. The lowest BCUT2D eigenvalue weighted by Crippen LogP contribution is -2.49. The molecule has 0 saturated carbocycles. The molecule has 2 heterocycles. The normalized spacial score (nSPS) is 22.5. The van der Waals surface area contributed by atoms with Crippen LogP contribution in [-0.2, 0) is 13.0 Å². The van der Waals surface area contributed by atoms with Gasteiger partial charge < -0.3 is 9.84 Å². The molecule has 1 fully saturated rings. The number of nitrogens with one attached hydrogen (secondary N) is 1. The summed E-state index contributed by atoms with van der Waals surface area (Å²) in [5.74, 6) is 1.58. The second-order valence-corrected chi connectivity index (χ2v) is 4.38. The molecular formula is C11H20N4O. The topological polar surface area (TPSA) is 54.2 Å². The largest absolute Gasteiger partial charge is 0.338 e. The maximum atomic E-state index is 5.25. The highest BCUT2D eigenvalue weighted by atomic mass is 16.5. The zero-order valence-electron chi connectivity index (χ0n) is 10.1. The van der Waals surface area contributed by atoms with E-state index < -0.39 is 0 Å². The minimum Gasteiger partial charge on any atom is -0.338 e. The first-order valence-corrected chi connectivity index (χ1v) is 6.06. The van der Waals surface area contributed by atoms with Gasteiger partial charge in [-0.2, -0.15) is 4.98 Å². The Morgan fingerprint density at radius 1 is 1.56 bits per heavy atom. The second-order valence-electron chi connectivity index (χ2n) is 4.38. The van der Waals surface area contributed by atoms with Crippen LogP contribution in [0.5, 0.6) is 0 Å². The number of aromatic nitrogens is 2. The monoisotopic (exact) mass is 224 g/mol. The number of hydrogen-bond acceptors (Lipinski definition) is 5. The summed E-state index contributed by atoms with van der Waals surface area (Å²) < 4.78 is 5.25. The van der Waals surface area contributed by atoms with Crippen LogP contribution in [-0.4, -0.2) is 40.7 Å². The Balaban J connectivity index is 1.91. The lowest BCUT2D eigenvalue weighted by Gasteiger charge is -2.32. The van der Waals surface area contributed by atoms with E-state index in [2.05, 4.69) is 34.2 Å². The van der Waals surface area contributed by atoms with Crippen LogP contribution in [0.2, 0.25) is 0 Å². The Labute approximate surface area is 96.2 Å². The highest BCUT2D eigenvalue weighted by Gasteiger charge is 2.20. The van der Waals surface area contributed by atoms with Gasteiger partial charge in [-0.15, -0.1) is 0 Å². The van der Waals surface area contributed by atoms with Crippen LogP contribution in [0.1, 0.15) is 32.0 Å². The fraction of sp³-hybridized carbons (Fsp3) is 0.818. The summed E-state index contributed by atoms with van der Waals surface area (Å²) in [7, 11) is 0. The van der Waals surface area contributed by atoms with E-state index in [1.807, 2.05) is 0 Å². The number of nitrogens with zero attached hydrogens (tertiary/aromatic N) is 3. The third-order valence-electron chi connectivity index (χ3n) is 2.96. The van der Waals surface area contributed by atoms with Crippen LogP contribution in [0.25, 0.3) is 0 Å². The van der Waals surface area contributed by atoms with Crippen LogP contribution >= 0.6 is 0 Å². The van der Waals surface area contributed by atoms with Crippen molar-refractivity contribution in [1.82, 2.24) is 20.4 Å². The van der Waals surface area contributed by atoms with Gasteiger partial charge in [0.1, 0.15) is 0 Å². The van der Waals surface area contributed by atoms with Crippen LogP contribution in [0.3, 0.4) is 0 Å². The van der Waals surface area contributed by atoms with Gasteiger partial charge >= 0.3 is 0 Å². The molecule has 0 spiro atoms. The predicted molar refractivity (Wildman–Crippen MR) is 61.0 cm³/mol. The van der Waals surface area contributed by atoms with Gasteiger partial charge in [-0.1, -0.05) is 12.1 Å². The molecule has 1 aliphatic rings. The molecule has 5 nitrogen and oxygen atoms in total. The van der Waals surface area contributed by atoms with Crippen molar-refractivity contribution in [1.29, 1.82) is 0 Å². The molecule has 0 bridgehead atoms. The van der Waals surface area contributed by atoms with Gasteiger partial charge in [-0.25, -0.2) is 0 Å². The molecule has 2 rings (SSSR count). The van der Waals surface area contributed by atoms with E-state index in [-0.39, 0.29) is 0 Å². The summed E-state index contributed by atoms with van der Waals surface area (Å²) in [4.78, 5) is 6.76. The van der Waals surface area contributed by atoms with Crippen molar-refractivity contribution in [2.45, 2.75) is 39.3 Å². The average molecular weight is 224 g/mol. The predicted octanol–water partition coefficient (Wildman–Crippen LogP) is 0.816. The molecule has 0 amide bonds. The molecule has 1 aromatic heterocycles. The minimum atomic E-state index is 0.537. The molecule has 1 aromatic rings. The Kier molecular flexibility index (Phi) is 3.90. The smallest absolute Gasteiger partial charge is 0.240 e. The molecule has 1 aliphatic heterocycles. The lowest BCUT2D eigenvalue weighted by molar-refractivity contribution is 0.146. The van der Waals surface area contributed by atoms with Crippen molar-refractivity contribution in [3.05, 3.63) is 11.7 Å². The summed E-state index contributed by atoms with van der Waals surface area (Å²) in [5.41, 5.74) is 0. The number of piperazine rings is 1. The van der Waals surface area contributed by atoms with Crippen molar-refractivity contribution in [2.24, 2.45) is 0 Å². The Hall–Kier alpha value is -0.940. The number of aryl methyl sites for hydroxylation is 1. The maximum absolute atomic E-state index is 5.25. The van der Waals surface area contributed by atoms with Crippen molar-refractivity contribution >= 4 is 0 Å². The molecular weight excluding hydrogens is 204 g/mol. The highest BCUT2D eigenvalue weighted by molar-refractivity contribution is 4.88. The van der Waals surface area contributed by atoms with Crippen molar-refractivity contribution < 1.29 is 4.52 Å². The van der Waals surface area contributed by atoms with Gasteiger partial charge in [0.25, 0.3) is 0 Å². The second kappa shape index (κ2) is 5.41. The third-order valence-corrected chi connectivity index (χ3v) is 2.96. The van der Waals surface area contributed by atoms with Gasteiger partial charge in [0.2, 0.25) is 5.89 Å². The third kappa shape index (κ3) is 2.80. The standard InChI is InChI=1S/C11H20N4O/c1-3-4-10-13-11(16-14-10)8-15-6-5-12-7-9(15)2/h9,12H,3-8H2,1-2H3. The Morgan fingerprint density at radius 2 is 2.44 bits per heavy atom. The van der Waals surface area contributed by atoms with Gasteiger partial charge in [0.05, 0.1) is 6.54 Å². The summed E-state index contributed by atoms with van der Waals surface area (Å²) in [6, 6.07) is 0.537.